The first-order valence-electron chi connectivity index (χ1n) is 5.47. The summed E-state index contributed by atoms with van der Waals surface area (Å²) in [6.07, 6.45) is 9.18. The van der Waals surface area contributed by atoms with E-state index in [1.165, 1.54) is 31.5 Å². The second-order valence-electron chi connectivity index (χ2n) is 4.24. The highest BCUT2D eigenvalue weighted by atomic mass is 35.5. The molecule has 0 spiro atoms. The number of nitrogens with zero attached hydrogens (tertiary/aromatic N) is 2. The number of rotatable bonds is 1. The Bertz CT molecular complexity index is 483. The van der Waals surface area contributed by atoms with Crippen LogP contribution in [0.25, 0.3) is 5.52 Å². The largest absolute Gasteiger partial charge is 0.303 e. The van der Waals surface area contributed by atoms with Crippen molar-refractivity contribution in [1.29, 1.82) is 0 Å². The van der Waals surface area contributed by atoms with E-state index in [4.69, 9.17) is 11.6 Å². The van der Waals surface area contributed by atoms with E-state index in [0.717, 1.165) is 10.5 Å². The number of aromatic nitrogens is 2. The van der Waals surface area contributed by atoms with Gasteiger partial charge in [-0.05, 0) is 25.0 Å². The molecule has 1 fully saturated rings. The molecule has 2 aromatic heterocycles. The predicted molar refractivity (Wildman–Crippen MR) is 61.4 cm³/mol. The van der Waals surface area contributed by atoms with Crippen LogP contribution in [0.4, 0.5) is 0 Å². The molecule has 3 rings (SSSR count). The van der Waals surface area contributed by atoms with Crippen molar-refractivity contribution in [2.75, 3.05) is 0 Å². The molecule has 1 aliphatic carbocycles. The van der Waals surface area contributed by atoms with Crippen LogP contribution in [0.15, 0.2) is 24.5 Å². The highest BCUT2D eigenvalue weighted by molar-refractivity contribution is 6.30. The Balaban J connectivity index is 2.11. The van der Waals surface area contributed by atoms with Gasteiger partial charge in [0.05, 0.1) is 11.7 Å². The standard InChI is InChI=1S/C12H13ClN2/c13-10-5-6-15-11(7-10)8-14-12(15)9-3-1-2-4-9/h5-9H,1-4H2. The van der Waals surface area contributed by atoms with Crippen LogP contribution in [0.5, 0.6) is 0 Å². The smallest absolute Gasteiger partial charge is 0.116 e. The summed E-state index contributed by atoms with van der Waals surface area (Å²) in [6.45, 7) is 0. The molecule has 15 heavy (non-hydrogen) atoms. The van der Waals surface area contributed by atoms with Gasteiger partial charge in [-0.2, -0.15) is 0 Å². The van der Waals surface area contributed by atoms with Crippen molar-refractivity contribution in [2.45, 2.75) is 31.6 Å². The third-order valence-corrected chi connectivity index (χ3v) is 3.48. The summed E-state index contributed by atoms with van der Waals surface area (Å²) in [4.78, 5) is 4.52. The number of halogens is 1. The van der Waals surface area contributed by atoms with E-state index in [9.17, 15) is 0 Å². The molecule has 2 heterocycles. The van der Waals surface area contributed by atoms with Crippen molar-refractivity contribution < 1.29 is 0 Å². The molecule has 0 atom stereocenters. The minimum absolute atomic E-state index is 0.647. The van der Waals surface area contributed by atoms with E-state index in [-0.39, 0.29) is 0 Å². The fourth-order valence-electron chi connectivity index (χ4n) is 2.48. The zero-order valence-corrected chi connectivity index (χ0v) is 9.24. The van der Waals surface area contributed by atoms with Crippen LogP contribution in [0.3, 0.4) is 0 Å². The lowest BCUT2D eigenvalue weighted by molar-refractivity contribution is 0.665. The average Bonchev–Trinajstić information content (AvgIpc) is 2.82. The van der Waals surface area contributed by atoms with Crippen LogP contribution < -0.4 is 0 Å². The molecule has 78 valence electrons. The Labute approximate surface area is 93.9 Å². The third-order valence-electron chi connectivity index (χ3n) is 3.24. The lowest BCUT2D eigenvalue weighted by atomic mass is 10.1. The SMILES string of the molecule is Clc1ccn2c(C3CCCC3)ncc2c1. The molecule has 2 nitrogen and oxygen atoms in total. The minimum Gasteiger partial charge on any atom is -0.303 e. The maximum Gasteiger partial charge on any atom is 0.116 e. The van der Waals surface area contributed by atoms with Gasteiger partial charge in [-0.3, -0.25) is 0 Å². The molecule has 1 aliphatic rings. The first-order valence-corrected chi connectivity index (χ1v) is 5.85. The van der Waals surface area contributed by atoms with Crippen molar-refractivity contribution in [3.05, 3.63) is 35.4 Å². The van der Waals surface area contributed by atoms with Gasteiger partial charge in [0.2, 0.25) is 0 Å². The molecule has 0 radical (unpaired) electrons. The quantitative estimate of drug-likeness (QED) is 0.717. The first-order chi connectivity index (χ1) is 7.34. The number of hydrogen-bond acceptors (Lipinski definition) is 1. The van der Waals surface area contributed by atoms with Gasteiger partial charge in [0.15, 0.2) is 0 Å². The highest BCUT2D eigenvalue weighted by Gasteiger charge is 2.20. The summed E-state index contributed by atoms with van der Waals surface area (Å²) in [5.74, 6) is 1.85. The molecule has 2 aromatic rings. The second kappa shape index (κ2) is 3.53. The van der Waals surface area contributed by atoms with Gasteiger partial charge in [0, 0.05) is 17.1 Å². The normalized spacial score (nSPS) is 17.7. The highest BCUT2D eigenvalue weighted by Crippen LogP contribution is 2.33. The van der Waals surface area contributed by atoms with Crippen LogP contribution in [0.2, 0.25) is 5.02 Å². The number of hydrogen-bond donors (Lipinski definition) is 0. The molecule has 0 N–H and O–H groups in total. The average molecular weight is 221 g/mol. The molecule has 0 aliphatic heterocycles. The van der Waals surface area contributed by atoms with E-state index < -0.39 is 0 Å². The monoisotopic (exact) mass is 220 g/mol. The molecular weight excluding hydrogens is 208 g/mol. The lowest BCUT2D eigenvalue weighted by Gasteiger charge is -2.07. The van der Waals surface area contributed by atoms with Gasteiger partial charge in [-0.1, -0.05) is 24.4 Å². The zero-order chi connectivity index (χ0) is 10.3. The van der Waals surface area contributed by atoms with Crippen LogP contribution in [0, 0.1) is 0 Å². The fourth-order valence-corrected chi connectivity index (χ4v) is 2.65. The van der Waals surface area contributed by atoms with E-state index >= 15 is 0 Å². The maximum atomic E-state index is 5.95. The summed E-state index contributed by atoms with van der Waals surface area (Å²) >= 11 is 5.95. The molecule has 0 unspecified atom stereocenters. The number of imidazole rings is 1. The van der Waals surface area contributed by atoms with Crippen LogP contribution in [0.1, 0.15) is 37.4 Å². The summed E-state index contributed by atoms with van der Waals surface area (Å²) in [6, 6.07) is 3.89. The van der Waals surface area contributed by atoms with E-state index in [1.54, 1.807) is 0 Å². The van der Waals surface area contributed by atoms with Crippen molar-refractivity contribution in [3.8, 4) is 0 Å². The molecule has 0 saturated heterocycles. The predicted octanol–water partition coefficient (Wildman–Crippen LogP) is 3.65. The fraction of sp³-hybridized carbons (Fsp3) is 0.417. The lowest BCUT2D eigenvalue weighted by Crippen LogP contribution is -1.99. The van der Waals surface area contributed by atoms with Gasteiger partial charge >= 0.3 is 0 Å². The van der Waals surface area contributed by atoms with Gasteiger partial charge < -0.3 is 4.40 Å². The van der Waals surface area contributed by atoms with E-state index in [0.29, 0.717) is 5.92 Å². The number of fused-ring (bicyclic) bond motifs is 1. The molecule has 0 bridgehead atoms. The van der Waals surface area contributed by atoms with Crippen molar-refractivity contribution in [1.82, 2.24) is 9.38 Å². The van der Waals surface area contributed by atoms with Crippen molar-refractivity contribution in [3.63, 3.8) is 0 Å². The Morgan fingerprint density at radius 3 is 2.93 bits per heavy atom. The maximum absolute atomic E-state index is 5.95. The zero-order valence-electron chi connectivity index (χ0n) is 8.49. The minimum atomic E-state index is 0.647. The third kappa shape index (κ3) is 1.53. The summed E-state index contributed by atoms with van der Waals surface area (Å²) in [5.41, 5.74) is 1.10. The first kappa shape index (κ1) is 9.22. The van der Waals surface area contributed by atoms with Gasteiger partial charge in [-0.15, -0.1) is 0 Å². The topological polar surface area (TPSA) is 17.3 Å². The van der Waals surface area contributed by atoms with E-state index in [1.807, 2.05) is 24.5 Å². The molecule has 3 heteroatoms. The Kier molecular flexibility index (Phi) is 2.17. The Morgan fingerprint density at radius 2 is 2.13 bits per heavy atom. The van der Waals surface area contributed by atoms with Gasteiger partial charge in [0.1, 0.15) is 5.82 Å². The van der Waals surface area contributed by atoms with Crippen LogP contribution in [-0.4, -0.2) is 9.38 Å². The summed E-state index contributed by atoms with van der Waals surface area (Å²) in [5, 5.41) is 0.778. The summed E-state index contributed by atoms with van der Waals surface area (Å²) < 4.78 is 2.17. The van der Waals surface area contributed by atoms with Crippen molar-refractivity contribution >= 4 is 17.1 Å². The molecule has 1 saturated carbocycles. The van der Waals surface area contributed by atoms with E-state index in [2.05, 4.69) is 9.38 Å². The second-order valence-corrected chi connectivity index (χ2v) is 4.67. The van der Waals surface area contributed by atoms with Crippen LogP contribution in [-0.2, 0) is 0 Å². The molecule has 0 aromatic carbocycles. The van der Waals surface area contributed by atoms with Gasteiger partial charge in [0.25, 0.3) is 0 Å². The Hall–Kier alpha value is -1.02. The summed E-state index contributed by atoms with van der Waals surface area (Å²) in [7, 11) is 0. The van der Waals surface area contributed by atoms with Gasteiger partial charge in [-0.25, -0.2) is 4.98 Å². The molecule has 0 amide bonds. The Morgan fingerprint density at radius 1 is 1.33 bits per heavy atom. The molecular formula is C12H13ClN2. The number of pyridine rings is 1. The van der Waals surface area contributed by atoms with Crippen molar-refractivity contribution in [2.24, 2.45) is 0 Å². The van der Waals surface area contributed by atoms with Crippen LogP contribution >= 0.6 is 11.6 Å².